The van der Waals surface area contributed by atoms with Gasteiger partial charge in [0, 0.05) is 19.0 Å². The Bertz CT molecular complexity index is 443. The summed E-state index contributed by atoms with van der Waals surface area (Å²) in [4.78, 5) is 22.8. The van der Waals surface area contributed by atoms with E-state index < -0.39 is 17.9 Å². The van der Waals surface area contributed by atoms with Gasteiger partial charge >= 0.3 is 11.8 Å². The van der Waals surface area contributed by atoms with Crippen LogP contribution in [0.3, 0.4) is 0 Å². The quantitative estimate of drug-likeness (QED) is 0.653. The fourth-order valence-corrected chi connectivity index (χ4v) is 1.73. The molecule has 0 saturated heterocycles. The van der Waals surface area contributed by atoms with Crippen molar-refractivity contribution in [1.82, 2.24) is 10.6 Å². The van der Waals surface area contributed by atoms with Crippen molar-refractivity contribution in [2.75, 3.05) is 6.54 Å². The largest absolute Gasteiger partial charge is 0.391 e. The Morgan fingerprint density at radius 1 is 1.21 bits per heavy atom. The minimum atomic E-state index is -0.694. The number of hydrogen-bond acceptors (Lipinski definition) is 3. The molecule has 102 valence electrons. The Balaban J connectivity index is 1.69. The molecular formula is C14H18N2O3. The van der Waals surface area contributed by atoms with Crippen molar-refractivity contribution in [3.8, 4) is 0 Å². The maximum absolute atomic E-state index is 11.4. The van der Waals surface area contributed by atoms with Gasteiger partial charge in [-0.3, -0.25) is 9.59 Å². The van der Waals surface area contributed by atoms with Crippen molar-refractivity contribution in [2.24, 2.45) is 0 Å². The van der Waals surface area contributed by atoms with Crippen LogP contribution in [-0.4, -0.2) is 35.6 Å². The molecule has 1 atom stereocenters. The van der Waals surface area contributed by atoms with Gasteiger partial charge in [0.15, 0.2) is 0 Å². The lowest BCUT2D eigenvalue weighted by Crippen LogP contribution is -2.43. The third-order valence-corrected chi connectivity index (χ3v) is 2.93. The lowest BCUT2D eigenvalue weighted by atomic mass is 10.1. The Kier molecular flexibility index (Phi) is 4.52. The summed E-state index contributed by atoms with van der Waals surface area (Å²) in [6.07, 6.45) is 1.64. The highest BCUT2D eigenvalue weighted by Crippen LogP contribution is 2.18. The molecule has 0 spiro atoms. The van der Waals surface area contributed by atoms with Crippen molar-refractivity contribution in [3.63, 3.8) is 0 Å². The summed E-state index contributed by atoms with van der Waals surface area (Å²) in [6, 6.07) is 9.66. The van der Waals surface area contributed by atoms with E-state index in [2.05, 4.69) is 10.6 Å². The molecule has 3 N–H and O–H groups in total. The average Bonchev–Trinajstić information content (AvgIpc) is 3.21. The summed E-state index contributed by atoms with van der Waals surface area (Å²) in [6.45, 7) is 0.0752. The minimum Gasteiger partial charge on any atom is -0.391 e. The van der Waals surface area contributed by atoms with Crippen molar-refractivity contribution in [3.05, 3.63) is 35.9 Å². The Morgan fingerprint density at radius 2 is 1.89 bits per heavy atom. The molecule has 1 aromatic carbocycles. The van der Waals surface area contributed by atoms with Gasteiger partial charge in [0.1, 0.15) is 0 Å². The van der Waals surface area contributed by atoms with Crippen LogP contribution in [0.2, 0.25) is 0 Å². The highest BCUT2D eigenvalue weighted by molar-refractivity contribution is 6.35. The van der Waals surface area contributed by atoms with E-state index in [4.69, 9.17) is 0 Å². The van der Waals surface area contributed by atoms with Gasteiger partial charge in [0.2, 0.25) is 0 Å². The zero-order valence-corrected chi connectivity index (χ0v) is 10.6. The Hall–Kier alpha value is -1.88. The van der Waals surface area contributed by atoms with E-state index in [9.17, 15) is 14.7 Å². The summed E-state index contributed by atoms with van der Waals surface area (Å²) in [5.74, 6) is -1.30. The summed E-state index contributed by atoms with van der Waals surface area (Å²) < 4.78 is 0. The van der Waals surface area contributed by atoms with Crippen LogP contribution in [0.1, 0.15) is 18.4 Å². The summed E-state index contributed by atoms with van der Waals surface area (Å²) in [5.41, 5.74) is 0.992. The number of aliphatic hydroxyl groups excluding tert-OH is 1. The van der Waals surface area contributed by atoms with E-state index >= 15 is 0 Å². The van der Waals surface area contributed by atoms with E-state index in [1.165, 1.54) is 0 Å². The maximum atomic E-state index is 11.4. The normalized spacial score (nSPS) is 15.6. The SMILES string of the molecule is O=C(NC[C@@H](O)Cc1ccccc1)C(=O)NC1CC1. The highest BCUT2D eigenvalue weighted by atomic mass is 16.3. The standard InChI is InChI=1S/C14H18N2O3/c17-12(8-10-4-2-1-3-5-10)9-15-13(18)14(19)16-11-6-7-11/h1-5,11-12,17H,6-9H2,(H,15,18)(H,16,19)/t12-/m0/s1. The Labute approximate surface area is 112 Å². The van der Waals surface area contributed by atoms with Crippen LogP contribution in [-0.2, 0) is 16.0 Å². The minimum absolute atomic E-state index is 0.0752. The van der Waals surface area contributed by atoms with E-state index in [0.717, 1.165) is 18.4 Å². The first-order chi connectivity index (χ1) is 9.15. The third-order valence-electron chi connectivity index (χ3n) is 2.93. The number of rotatable bonds is 5. The molecule has 1 aliphatic rings. The highest BCUT2D eigenvalue weighted by Gasteiger charge is 2.26. The van der Waals surface area contributed by atoms with Crippen molar-refractivity contribution < 1.29 is 14.7 Å². The average molecular weight is 262 g/mol. The molecule has 2 amide bonds. The summed E-state index contributed by atoms with van der Waals surface area (Å²) in [5, 5.41) is 14.8. The van der Waals surface area contributed by atoms with Gasteiger partial charge in [-0.05, 0) is 18.4 Å². The molecule has 0 radical (unpaired) electrons. The van der Waals surface area contributed by atoms with Gasteiger partial charge in [0.05, 0.1) is 6.10 Å². The van der Waals surface area contributed by atoms with Crippen molar-refractivity contribution >= 4 is 11.8 Å². The first-order valence-electron chi connectivity index (χ1n) is 6.46. The molecule has 0 bridgehead atoms. The number of nitrogens with one attached hydrogen (secondary N) is 2. The van der Waals surface area contributed by atoms with Gasteiger partial charge in [-0.25, -0.2) is 0 Å². The van der Waals surface area contributed by atoms with E-state index in [0.29, 0.717) is 6.42 Å². The zero-order chi connectivity index (χ0) is 13.7. The molecule has 1 aromatic rings. The molecule has 2 rings (SSSR count). The number of aliphatic hydroxyl groups is 1. The second kappa shape index (κ2) is 6.33. The van der Waals surface area contributed by atoms with Gasteiger partial charge < -0.3 is 15.7 Å². The topological polar surface area (TPSA) is 78.4 Å². The smallest absolute Gasteiger partial charge is 0.309 e. The maximum Gasteiger partial charge on any atom is 0.309 e. The fourth-order valence-electron chi connectivity index (χ4n) is 1.73. The van der Waals surface area contributed by atoms with Crippen LogP contribution in [0.15, 0.2) is 30.3 Å². The number of benzene rings is 1. The molecule has 0 aromatic heterocycles. The number of hydrogen-bond donors (Lipinski definition) is 3. The van der Waals surface area contributed by atoms with Crippen LogP contribution < -0.4 is 10.6 Å². The van der Waals surface area contributed by atoms with Crippen LogP contribution in [0.5, 0.6) is 0 Å². The second-order valence-electron chi connectivity index (χ2n) is 4.80. The third kappa shape index (κ3) is 4.71. The van der Waals surface area contributed by atoms with E-state index in [1.54, 1.807) is 0 Å². The lowest BCUT2D eigenvalue weighted by Gasteiger charge is -2.11. The van der Waals surface area contributed by atoms with Crippen LogP contribution >= 0.6 is 0 Å². The van der Waals surface area contributed by atoms with E-state index in [1.807, 2.05) is 30.3 Å². The predicted molar refractivity (Wildman–Crippen MR) is 70.3 cm³/mol. The first-order valence-corrected chi connectivity index (χ1v) is 6.46. The van der Waals surface area contributed by atoms with Crippen LogP contribution in [0.4, 0.5) is 0 Å². The molecule has 0 aliphatic heterocycles. The van der Waals surface area contributed by atoms with Gasteiger partial charge in [-0.1, -0.05) is 30.3 Å². The fraction of sp³-hybridized carbons (Fsp3) is 0.429. The summed E-state index contributed by atoms with van der Waals surface area (Å²) >= 11 is 0. The number of amides is 2. The van der Waals surface area contributed by atoms with Crippen molar-refractivity contribution in [1.29, 1.82) is 0 Å². The predicted octanol–water partition coefficient (Wildman–Crippen LogP) is -0.0152. The molecule has 5 heteroatoms. The Morgan fingerprint density at radius 3 is 2.53 bits per heavy atom. The van der Waals surface area contributed by atoms with Crippen LogP contribution in [0.25, 0.3) is 0 Å². The molecular weight excluding hydrogens is 244 g/mol. The van der Waals surface area contributed by atoms with E-state index in [-0.39, 0.29) is 12.6 Å². The molecule has 0 heterocycles. The first kappa shape index (κ1) is 13.5. The van der Waals surface area contributed by atoms with Crippen LogP contribution in [0, 0.1) is 0 Å². The lowest BCUT2D eigenvalue weighted by molar-refractivity contribution is -0.139. The monoisotopic (exact) mass is 262 g/mol. The van der Waals surface area contributed by atoms with Gasteiger partial charge in [-0.2, -0.15) is 0 Å². The molecule has 1 aliphatic carbocycles. The molecule has 0 unspecified atom stereocenters. The molecule has 19 heavy (non-hydrogen) atoms. The van der Waals surface area contributed by atoms with Crippen molar-refractivity contribution in [2.45, 2.75) is 31.4 Å². The summed E-state index contributed by atoms with van der Waals surface area (Å²) in [7, 11) is 0. The van der Waals surface area contributed by atoms with Gasteiger partial charge in [0.25, 0.3) is 0 Å². The molecule has 1 fully saturated rings. The molecule has 1 saturated carbocycles. The zero-order valence-electron chi connectivity index (χ0n) is 10.6. The second-order valence-corrected chi connectivity index (χ2v) is 4.80. The molecule has 5 nitrogen and oxygen atoms in total. The number of carbonyl (C=O) groups excluding carboxylic acids is 2. The van der Waals surface area contributed by atoms with Gasteiger partial charge in [-0.15, -0.1) is 0 Å². The number of carbonyl (C=O) groups is 2.